The Morgan fingerprint density at radius 3 is 2.44 bits per heavy atom. The van der Waals surface area contributed by atoms with E-state index in [4.69, 9.17) is 4.74 Å². The van der Waals surface area contributed by atoms with Crippen molar-refractivity contribution in [3.05, 3.63) is 46.6 Å². The second-order valence-corrected chi connectivity index (χ2v) is 7.00. The Morgan fingerprint density at radius 1 is 1.04 bits per heavy atom. The molecule has 0 N–H and O–H groups in total. The highest BCUT2D eigenvalue weighted by atomic mass is 32.1. The number of aromatic nitrogens is 2. The molecular weight excluding hydrogens is 394 g/mol. The highest BCUT2D eigenvalue weighted by Crippen LogP contribution is 2.36. The molecule has 0 aliphatic rings. The van der Waals surface area contributed by atoms with Crippen molar-refractivity contribution in [1.29, 1.82) is 0 Å². The first-order valence-corrected chi connectivity index (χ1v) is 8.52. The van der Waals surface area contributed by atoms with Crippen molar-refractivity contribution in [2.45, 2.75) is 32.1 Å². The summed E-state index contributed by atoms with van der Waals surface area (Å²) in [4.78, 5) is 9.34. The van der Waals surface area contributed by atoms with E-state index in [1.54, 1.807) is 13.0 Å². The number of benzene rings is 1. The van der Waals surface area contributed by atoms with Gasteiger partial charge in [-0.2, -0.15) is 31.3 Å². The Morgan fingerprint density at radius 2 is 1.78 bits per heavy atom. The van der Waals surface area contributed by atoms with Crippen LogP contribution >= 0.6 is 11.3 Å². The highest BCUT2D eigenvalue weighted by molar-refractivity contribution is 7.18. The van der Waals surface area contributed by atoms with Gasteiger partial charge in [0.2, 0.25) is 5.88 Å². The highest BCUT2D eigenvalue weighted by Gasteiger charge is 2.31. The predicted octanol–water partition coefficient (Wildman–Crippen LogP) is 6.31. The van der Waals surface area contributed by atoms with Crippen LogP contribution in [0, 0.1) is 6.92 Å². The molecule has 0 atom stereocenters. The third-order valence-corrected chi connectivity index (χ3v) is 4.48. The molecule has 144 valence electrons. The zero-order valence-corrected chi connectivity index (χ0v) is 14.6. The molecule has 2 heterocycles. The van der Waals surface area contributed by atoms with Crippen LogP contribution in [0.25, 0.3) is 10.2 Å². The fourth-order valence-corrected chi connectivity index (χ4v) is 3.24. The van der Waals surface area contributed by atoms with Gasteiger partial charge in [-0.1, -0.05) is 6.07 Å². The SMILES string of the molecule is Cc1cc2c(Oc3cccc(C(F)(F)F)c3)nc(CCC(F)(F)F)nc2s1. The molecule has 0 saturated heterocycles. The Labute approximate surface area is 153 Å². The number of thiophene rings is 1. The summed E-state index contributed by atoms with van der Waals surface area (Å²) in [6.45, 7) is 1.77. The summed E-state index contributed by atoms with van der Waals surface area (Å²) in [5, 5.41) is 0.436. The third kappa shape index (κ3) is 4.88. The van der Waals surface area contributed by atoms with Gasteiger partial charge in [0.05, 0.1) is 17.4 Å². The van der Waals surface area contributed by atoms with Gasteiger partial charge in [0, 0.05) is 11.3 Å². The zero-order valence-electron chi connectivity index (χ0n) is 13.8. The Hall–Kier alpha value is -2.36. The molecule has 10 heteroatoms. The van der Waals surface area contributed by atoms with Crippen LogP contribution in [0.3, 0.4) is 0 Å². The molecule has 1 aromatic carbocycles. The van der Waals surface area contributed by atoms with E-state index in [0.29, 0.717) is 10.2 Å². The number of halogens is 6. The molecule has 0 saturated carbocycles. The lowest BCUT2D eigenvalue weighted by Crippen LogP contribution is -2.10. The molecule has 27 heavy (non-hydrogen) atoms. The normalized spacial score (nSPS) is 12.6. The standard InChI is InChI=1S/C17H12F6N2OS/c1-9-7-12-14(26-11-4-2-3-10(8-11)17(21,22)23)24-13(25-15(12)27-9)5-6-16(18,19)20/h2-4,7-8H,5-6H2,1H3. The average Bonchev–Trinajstić information content (AvgIpc) is 2.92. The summed E-state index contributed by atoms with van der Waals surface area (Å²) in [7, 11) is 0. The maximum absolute atomic E-state index is 12.9. The first kappa shape index (κ1) is 19.4. The lowest BCUT2D eigenvalue weighted by Gasteiger charge is -2.11. The molecule has 2 aromatic heterocycles. The van der Waals surface area contributed by atoms with Crippen LogP contribution in [0.5, 0.6) is 11.6 Å². The molecule has 0 aliphatic carbocycles. The van der Waals surface area contributed by atoms with Gasteiger partial charge in [-0.05, 0) is 31.2 Å². The first-order valence-electron chi connectivity index (χ1n) is 7.70. The average molecular weight is 406 g/mol. The third-order valence-electron chi connectivity index (χ3n) is 3.54. The van der Waals surface area contributed by atoms with Gasteiger partial charge in [-0.15, -0.1) is 11.3 Å². The summed E-state index contributed by atoms with van der Waals surface area (Å²) < 4.78 is 81.5. The maximum Gasteiger partial charge on any atom is 0.416 e. The van der Waals surface area contributed by atoms with Crippen molar-refractivity contribution in [2.75, 3.05) is 0 Å². The number of aryl methyl sites for hydroxylation is 2. The van der Waals surface area contributed by atoms with Crippen LogP contribution in [0.4, 0.5) is 26.3 Å². The van der Waals surface area contributed by atoms with Gasteiger partial charge >= 0.3 is 12.4 Å². The van der Waals surface area contributed by atoms with Crippen LogP contribution in [-0.2, 0) is 12.6 Å². The molecule has 3 nitrogen and oxygen atoms in total. The number of rotatable bonds is 4. The largest absolute Gasteiger partial charge is 0.438 e. The van der Waals surface area contributed by atoms with Gasteiger partial charge in [0.25, 0.3) is 0 Å². The summed E-state index contributed by atoms with van der Waals surface area (Å²) in [6, 6.07) is 5.88. The van der Waals surface area contributed by atoms with Crippen LogP contribution in [-0.4, -0.2) is 16.1 Å². The van der Waals surface area contributed by atoms with Gasteiger partial charge in [0.15, 0.2) is 0 Å². The van der Waals surface area contributed by atoms with Gasteiger partial charge in [-0.25, -0.2) is 4.98 Å². The van der Waals surface area contributed by atoms with E-state index in [-0.39, 0.29) is 17.5 Å². The lowest BCUT2D eigenvalue weighted by molar-refractivity contribution is -0.137. The Balaban J connectivity index is 1.97. The predicted molar refractivity (Wildman–Crippen MR) is 88.0 cm³/mol. The number of hydrogen-bond acceptors (Lipinski definition) is 4. The molecule has 0 fully saturated rings. The van der Waals surface area contributed by atoms with E-state index >= 15 is 0 Å². The van der Waals surface area contributed by atoms with Crippen molar-refractivity contribution >= 4 is 21.6 Å². The number of nitrogens with zero attached hydrogens (tertiary/aromatic N) is 2. The van der Waals surface area contributed by atoms with Crippen LogP contribution in [0.15, 0.2) is 30.3 Å². The van der Waals surface area contributed by atoms with E-state index in [9.17, 15) is 26.3 Å². The topological polar surface area (TPSA) is 35.0 Å². The molecule has 3 rings (SSSR count). The molecule has 3 aromatic rings. The number of ether oxygens (including phenoxy) is 1. The summed E-state index contributed by atoms with van der Waals surface area (Å²) in [5.41, 5.74) is -0.899. The second-order valence-electron chi connectivity index (χ2n) is 5.76. The molecule has 0 aliphatic heterocycles. The first-order chi connectivity index (χ1) is 12.5. The molecular formula is C17H12F6N2OS. The minimum Gasteiger partial charge on any atom is -0.438 e. The number of hydrogen-bond donors (Lipinski definition) is 0. The summed E-state index contributed by atoms with van der Waals surface area (Å²) in [6.07, 6.45) is -10.5. The van der Waals surface area contributed by atoms with Gasteiger partial charge in [0.1, 0.15) is 16.4 Å². The van der Waals surface area contributed by atoms with Crippen molar-refractivity contribution in [2.24, 2.45) is 0 Å². The monoisotopic (exact) mass is 406 g/mol. The van der Waals surface area contributed by atoms with Crippen molar-refractivity contribution < 1.29 is 31.1 Å². The quantitative estimate of drug-likeness (QED) is 0.477. The van der Waals surface area contributed by atoms with Crippen molar-refractivity contribution in [3.8, 4) is 11.6 Å². The zero-order chi connectivity index (χ0) is 19.8. The second kappa shape index (κ2) is 6.99. The molecule has 0 bridgehead atoms. The molecule has 0 spiro atoms. The lowest BCUT2D eigenvalue weighted by atomic mass is 10.2. The maximum atomic E-state index is 12.9. The molecule has 0 radical (unpaired) electrons. The van der Waals surface area contributed by atoms with Crippen LogP contribution in [0.1, 0.15) is 22.7 Å². The number of fused-ring (bicyclic) bond motifs is 1. The summed E-state index contributed by atoms with van der Waals surface area (Å²) >= 11 is 1.24. The van der Waals surface area contributed by atoms with E-state index < -0.39 is 30.8 Å². The Kier molecular flexibility index (Phi) is 5.02. The van der Waals surface area contributed by atoms with Gasteiger partial charge in [-0.3, -0.25) is 0 Å². The molecule has 0 amide bonds. The van der Waals surface area contributed by atoms with E-state index in [2.05, 4.69) is 9.97 Å². The fraction of sp³-hybridized carbons (Fsp3) is 0.294. The smallest absolute Gasteiger partial charge is 0.416 e. The van der Waals surface area contributed by atoms with E-state index in [0.717, 1.165) is 17.0 Å². The van der Waals surface area contributed by atoms with Crippen LogP contribution in [0.2, 0.25) is 0 Å². The van der Waals surface area contributed by atoms with Crippen molar-refractivity contribution in [3.63, 3.8) is 0 Å². The number of alkyl halides is 6. The van der Waals surface area contributed by atoms with Gasteiger partial charge < -0.3 is 4.74 Å². The minimum absolute atomic E-state index is 0.0687. The Bertz CT molecular complexity index is 964. The van der Waals surface area contributed by atoms with E-state index in [1.807, 2.05) is 0 Å². The molecule has 0 unspecified atom stereocenters. The van der Waals surface area contributed by atoms with Crippen molar-refractivity contribution in [1.82, 2.24) is 9.97 Å². The van der Waals surface area contributed by atoms with Crippen LogP contribution < -0.4 is 4.74 Å². The minimum atomic E-state index is -4.54. The summed E-state index contributed by atoms with van der Waals surface area (Å²) in [5.74, 6) is -0.264. The fourth-order valence-electron chi connectivity index (χ4n) is 2.35. The van der Waals surface area contributed by atoms with E-state index in [1.165, 1.54) is 23.5 Å².